The fourth-order valence-electron chi connectivity index (χ4n) is 3.21. The second-order valence-corrected chi connectivity index (χ2v) is 7.64. The first kappa shape index (κ1) is 15.4. The highest BCUT2D eigenvalue weighted by Crippen LogP contribution is 2.35. The van der Waals surface area contributed by atoms with Gasteiger partial charge in [-0.2, -0.15) is 5.26 Å². The number of anilines is 1. The number of sulfonamides is 1. The first-order chi connectivity index (χ1) is 12.0. The highest BCUT2D eigenvalue weighted by atomic mass is 32.2. The normalized spacial score (nSPS) is 13.6. The Bertz CT molecular complexity index is 1210. The Morgan fingerprint density at radius 1 is 1.12 bits per heavy atom. The number of benzene rings is 2. The molecule has 0 saturated carbocycles. The van der Waals surface area contributed by atoms with Gasteiger partial charge >= 0.3 is 0 Å². The quantitative estimate of drug-likeness (QED) is 0.765. The van der Waals surface area contributed by atoms with Crippen molar-refractivity contribution < 1.29 is 8.42 Å². The van der Waals surface area contributed by atoms with Crippen molar-refractivity contribution in [1.82, 2.24) is 4.98 Å². The Morgan fingerprint density at radius 3 is 2.76 bits per heavy atom. The number of pyridine rings is 1. The molecule has 0 fully saturated rings. The number of hydrogen-bond acceptors (Lipinski definition) is 4. The van der Waals surface area contributed by atoms with Crippen molar-refractivity contribution in [3.63, 3.8) is 0 Å². The molecule has 1 aliphatic rings. The zero-order chi connectivity index (χ0) is 17.6. The predicted molar refractivity (Wildman–Crippen MR) is 94.0 cm³/mol. The molecule has 124 valence electrons. The number of nitrogens with one attached hydrogen (secondary N) is 1. The van der Waals surface area contributed by atoms with Crippen LogP contribution >= 0.6 is 0 Å². The third-order valence-electron chi connectivity index (χ3n) is 4.41. The van der Waals surface area contributed by atoms with E-state index < -0.39 is 10.0 Å². The minimum absolute atomic E-state index is 0.0892. The molecule has 0 bridgehead atoms. The number of aromatic amines is 1. The van der Waals surface area contributed by atoms with E-state index in [-0.39, 0.29) is 10.5 Å². The third kappa shape index (κ3) is 2.30. The molecule has 0 unspecified atom stereocenters. The summed E-state index contributed by atoms with van der Waals surface area (Å²) in [7, 11) is -3.85. The van der Waals surface area contributed by atoms with Crippen LogP contribution in [0.25, 0.3) is 10.8 Å². The fourth-order valence-corrected chi connectivity index (χ4v) is 4.91. The summed E-state index contributed by atoms with van der Waals surface area (Å²) in [6.45, 7) is 0.312. The summed E-state index contributed by atoms with van der Waals surface area (Å²) in [4.78, 5) is 14.6. The lowest BCUT2D eigenvalue weighted by atomic mass is 10.1. The van der Waals surface area contributed by atoms with Crippen LogP contribution in [-0.2, 0) is 16.4 Å². The van der Waals surface area contributed by atoms with Crippen molar-refractivity contribution in [1.29, 1.82) is 5.26 Å². The summed E-state index contributed by atoms with van der Waals surface area (Å²) in [6.07, 6.45) is 2.03. The average Bonchev–Trinajstić information content (AvgIpc) is 3.05. The summed E-state index contributed by atoms with van der Waals surface area (Å²) >= 11 is 0. The first-order valence-corrected chi connectivity index (χ1v) is 9.12. The predicted octanol–water partition coefficient (Wildman–Crippen LogP) is 2.15. The topological polar surface area (TPSA) is 94.0 Å². The highest BCUT2D eigenvalue weighted by molar-refractivity contribution is 7.93. The van der Waals surface area contributed by atoms with Gasteiger partial charge in [0.25, 0.3) is 15.6 Å². The highest BCUT2D eigenvalue weighted by Gasteiger charge is 2.32. The fraction of sp³-hybridized carbons (Fsp3) is 0.111. The van der Waals surface area contributed by atoms with Gasteiger partial charge in [0.05, 0.1) is 22.2 Å². The Hall–Kier alpha value is -3.11. The minimum Gasteiger partial charge on any atom is -0.329 e. The van der Waals surface area contributed by atoms with Crippen LogP contribution in [0.5, 0.6) is 0 Å². The minimum atomic E-state index is -3.85. The number of nitriles is 1. The van der Waals surface area contributed by atoms with Gasteiger partial charge in [-0.15, -0.1) is 0 Å². The van der Waals surface area contributed by atoms with Crippen LogP contribution in [0.2, 0.25) is 0 Å². The molecule has 4 rings (SSSR count). The molecule has 6 nitrogen and oxygen atoms in total. The molecule has 25 heavy (non-hydrogen) atoms. The largest absolute Gasteiger partial charge is 0.329 e. The van der Waals surface area contributed by atoms with Crippen LogP contribution in [-0.4, -0.2) is 19.9 Å². The lowest BCUT2D eigenvalue weighted by Crippen LogP contribution is -2.29. The van der Waals surface area contributed by atoms with Crippen LogP contribution < -0.4 is 9.86 Å². The number of rotatable bonds is 2. The van der Waals surface area contributed by atoms with Crippen molar-refractivity contribution >= 4 is 26.5 Å². The van der Waals surface area contributed by atoms with Crippen molar-refractivity contribution in [2.75, 3.05) is 10.8 Å². The Kier molecular flexibility index (Phi) is 3.37. The van der Waals surface area contributed by atoms with E-state index in [1.807, 2.05) is 6.07 Å². The summed E-state index contributed by atoms with van der Waals surface area (Å²) in [6, 6.07) is 13.4. The molecule has 3 aromatic rings. The van der Waals surface area contributed by atoms with E-state index >= 15 is 0 Å². The maximum absolute atomic E-state index is 13.3. The number of nitrogens with zero attached hydrogens (tertiary/aromatic N) is 2. The maximum Gasteiger partial charge on any atom is 0.264 e. The lowest BCUT2D eigenvalue weighted by Gasteiger charge is -2.20. The first-order valence-electron chi connectivity index (χ1n) is 7.68. The molecule has 0 aliphatic carbocycles. The van der Waals surface area contributed by atoms with Crippen molar-refractivity contribution in [2.24, 2.45) is 0 Å². The molecule has 2 heterocycles. The van der Waals surface area contributed by atoms with E-state index in [2.05, 4.69) is 4.98 Å². The van der Waals surface area contributed by atoms with E-state index in [9.17, 15) is 13.2 Å². The number of H-pyrrole nitrogens is 1. The maximum atomic E-state index is 13.3. The lowest BCUT2D eigenvalue weighted by molar-refractivity contribution is 0.593. The van der Waals surface area contributed by atoms with E-state index in [1.54, 1.807) is 36.4 Å². The van der Waals surface area contributed by atoms with Crippen molar-refractivity contribution in [3.05, 3.63) is 70.1 Å². The molecule has 2 aromatic carbocycles. The monoisotopic (exact) mass is 351 g/mol. The van der Waals surface area contributed by atoms with E-state index in [0.717, 1.165) is 5.56 Å². The van der Waals surface area contributed by atoms with E-state index in [0.29, 0.717) is 35.0 Å². The van der Waals surface area contributed by atoms with Crippen LogP contribution in [0.3, 0.4) is 0 Å². The molecule has 1 N–H and O–H groups in total. The molecule has 7 heteroatoms. The standard InChI is InChI=1S/C18H13N3O3S/c19-11-12-4-5-13-7-9-21(16(13)10-12)25(23,24)17-3-1-2-15-14(17)6-8-20-18(15)22/h1-6,8,10H,7,9H2,(H,20,22). The third-order valence-corrected chi connectivity index (χ3v) is 6.28. The summed E-state index contributed by atoms with van der Waals surface area (Å²) in [5.74, 6) is 0. The Balaban J connectivity index is 1.93. The molecule has 1 aliphatic heterocycles. The van der Waals surface area contributed by atoms with Gasteiger partial charge in [0.1, 0.15) is 0 Å². The zero-order valence-corrected chi connectivity index (χ0v) is 13.9. The van der Waals surface area contributed by atoms with E-state index in [4.69, 9.17) is 5.26 Å². The van der Waals surface area contributed by atoms with Gasteiger partial charge in [-0.3, -0.25) is 9.10 Å². The number of aromatic nitrogens is 1. The molecule has 0 atom stereocenters. The van der Waals surface area contributed by atoms with Crippen LogP contribution in [0, 0.1) is 11.3 Å². The van der Waals surface area contributed by atoms with Gasteiger partial charge in [0.2, 0.25) is 0 Å². The zero-order valence-electron chi connectivity index (χ0n) is 13.1. The number of hydrogen-bond donors (Lipinski definition) is 1. The molecule has 0 amide bonds. The summed E-state index contributed by atoms with van der Waals surface area (Å²) in [5, 5.41) is 9.80. The van der Waals surface area contributed by atoms with E-state index in [1.165, 1.54) is 16.6 Å². The average molecular weight is 351 g/mol. The van der Waals surface area contributed by atoms with Gasteiger partial charge in [0.15, 0.2) is 0 Å². The van der Waals surface area contributed by atoms with Gasteiger partial charge in [-0.25, -0.2) is 8.42 Å². The van der Waals surface area contributed by atoms with Gasteiger partial charge < -0.3 is 4.98 Å². The molecular weight excluding hydrogens is 338 g/mol. The number of fused-ring (bicyclic) bond motifs is 2. The SMILES string of the molecule is N#Cc1ccc2c(c1)N(S(=O)(=O)c1cccc3c(=O)[nH]ccc13)CC2. The molecule has 0 spiro atoms. The second kappa shape index (κ2) is 5.46. The molecule has 0 saturated heterocycles. The Morgan fingerprint density at radius 2 is 1.96 bits per heavy atom. The Labute approximate surface area is 144 Å². The molecular formula is C18H13N3O3S. The second-order valence-electron chi connectivity index (χ2n) is 5.81. The molecule has 0 radical (unpaired) electrons. The summed E-state index contributed by atoms with van der Waals surface area (Å²) in [5.41, 5.74) is 1.50. The van der Waals surface area contributed by atoms with Crippen LogP contribution in [0.4, 0.5) is 5.69 Å². The van der Waals surface area contributed by atoms with Crippen molar-refractivity contribution in [2.45, 2.75) is 11.3 Å². The summed E-state index contributed by atoms with van der Waals surface area (Å²) < 4.78 is 27.8. The molecule has 1 aromatic heterocycles. The van der Waals surface area contributed by atoms with Gasteiger partial charge in [0, 0.05) is 23.5 Å². The van der Waals surface area contributed by atoms with Crippen molar-refractivity contribution in [3.8, 4) is 6.07 Å². The van der Waals surface area contributed by atoms with Gasteiger partial charge in [-0.1, -0.05) is 12.1 Å². The smallest absolute Gasteiger partial charge is 0.264 e. The van der Waals surface area contributed by atoms with Gasteiger partial charge in [-0.05, 0) is 42.3 Å². The van der Waals surface area contributed by atoms with Crippen LogP contribution in [0.1, 0.15) is 11.1 Å². The van der Waals surface area contributed by atoms with Crippen LogP contribution in [0.15, 0.2) is 58.4 Å².